The van der Waals surface area contributed by atoms with Crippen LogP contribution in [-0.2, 0) is 5.75 Å². The minimum absolute atomic E-state index is 0.347. The highest BCUT2D eigenvalue weighted by Gasteiger charge is 2.42. The summed E-state index contributed by atoms with van der Waals surface area (Å²) in [5.74, 6) is 2.56. The number of benzene rings is 1. The standard InChI is InChI=1S/C15H22N2S/c1-11-5-12(2)7-13(6-11)9-18-10-15(3-4-15)8-14(16)17/h5-7H,3-4,8-10H2,1-2H3,(H3,16,17). The lowest BCUT2D eigenvalue weighted by Gasteiger charge is -2.13. The number of nitrogens with one attached hydrogen (secondary N) is 1. The third kappa shape index (κ3) is 3.77. The molecule has 3 N–H and O–H groups in total. The molecule has 0 heterocycles. The molecule has 1 aliphatic carbocycles. The molecule has 1 fully saturated rings. The zero-order valence-electron chi connectivity index (χ0n) is 11.3. The van der Waals surface area contributed by atoms with Crippen LogP contribution in [0.5, 0.6) is 0 Å². The molecule has 2 nitrogen and oxygen atoms in total. The lowest BCUT2D eigenvalue weighted by atomic mass is 10.1. The van der Waals surface area contributed by atoms with Gasteiger partial charge in [-0.25, -0.2) is 0 Å². The third-order valence-corrected chi connectivity index (χ3v) is 4.83. The molecule has 0 bridgehead atoms. The van der Waals surface area contributed by atoms with E-state index in [0.29, 0.717) is 11.3 Å². The zero-order chi connectivity index (χ0) is 13.2. The molecule has 0 atom stereocenters. The van der Waals surface area contributed by atoms with Gasteiger partial charge in [-0.05, 0) is 43.4 Å². The third-order valence-electron chi connectivity index (χ3n) is 3.48. The topological polar surface area (TPSA) is 49.9 Å². The largest absolute Gasteiger partial charge is 0.388 e. The fraction of sp³-hybridized carbons (Fsp3) is 0.533. The minimum Gasteiger partial charge on any atom is -0.388 e. The second-order valence-corrected chi connectivity index (χ2v) is 6.68. The molecule has 0 unspecified atom stereocenters. The molecule has 0 amide bonds. The summed E-state index contributed by atoms with van der Waals surface area (Å²) in [4.78, 5) is 0. The molecular weight excluding hydrogens is 240 g/mol. The Morgan fingerprint density at radius 2 is 1.89 bits per heavy atom. The van der Waals surface area contributed by atoms with Crippen LogP contribution in [-0.4, -0.2) is 11.6 Å². The van der Waals surface area contributed by atoms with Crippen molar-refractivity contribution in [1.29, 1.82) is 5.41 Å². The first-order chi connectivity index (χ1) is 8.49. The molecule has 1 aromatic rings. The molecule has 0 spiro atoms. The van der Waals surface area contributed by atoms with E-state index in [-0.39, 0.29) is 0 Å². The van der Waals surface area contributed by atoms with Crippen LogP contribution in [0.25, 0.3) is 0 Å². The van der Waals surface area contributed by atoms with Gasteiger partial charge in [0, 0.05) is 12.2 Å². The van der Waals surface area contributed by atoms with Gasteiger partial charge in [0.25, 0.3) is 0 Å². The van der Waals surface area contributed by atoms with Gasteiger partial charge in [0.15, 0.2) is 0 Å². The molecule has 1 aromatic carbocycles. The van der Waals surface area contributed by atoms with Crippen molar-refractivity contribution in [2.75, 3.05) is 5.75 Å². The molecule has 0 saturated heterocycles. The molecule has 18 heavy (non-hydrogen) atoms. The number of nitrogens with two attached hydrogens (primary N) is 1. The first-order valence-electron chi connectivity index (χ1n) is 6.47. The molecule has 98 valence electrons. The Morgan fingerprint density at radius 3 is 2.39 bits per heavy atom. The Bertz CT molecular complexity index is 430. The number of thioether (sulfide) groups is 1. The molecule has 2 rings (SSSR count). The van der Waals surface area contributed by atoms with E-state index in [0.717, 1.165) is 17.9 Å². The molecule has 0 aliphatic heterocycles. The first kappa shape index (κ1) is 13.5. The summed E-state index contributed by atoms with van der Waals surface area (Å²) < 4.78 is 0. The Morgan fingerprint density at radius 1 is 1.28 bits per heavy atom. The summed E-state index contributed by atoms with van der Waals surface area (Å²) in [7, 11) is 0. The smallest absolute Gasteiger partial charge is 0.0911 e. The van der Waals surface area contributed by atoms with E-state index in [2.05, 4.69) is 32.0 Å². The second kappa shape index (κ2) is 5.35. The molecule has 1 saturated carbocycles. The minimum atomic E-state index is 0.347. The van der Waals surface area contributed by atoms with Crippen LogP contribution >= 0.6 is 11.8 Å². The van der Waals surface area contributed by atoms with Gasteiger partial charge in [0.05, 0.1) is 5.84 Å². The highest BCUT2D eigenvalue weighted by Crippen LogP contribution is 2.51. The number of hydrogen-bond acceptors (Lipinski definition) is 2. The first-order valence-corrected chi connectivity index (χ1v) is 7.62. The quantitative estimate of drug-likeness (QED) is 0.607. The van der Waals surface area contributed by atoms with E-state index in [4.69, 9.17) is 11.1 Å². The lowest BCUT2D eigenvalue weighted by Crippen LogP contribution is -2.18. The molecule has 1 aliphatic rings. The van der Waals surface area contributed by atoms with Crippen LogP contribution < -0.4 is 5.73 Å². The second-order valence-electron chi connectivity index (χ2n) is 5.69. The predicted octanol–water partition coefficient (Wildman–Crippen LogP) is 3.64. The van der Waals surface area contributed by atoms with E-state index in [1.165, 1.54) is 29.5 Å². The van der Waals surface area contributed by atoms with Gasteiger partial charge in [-0.2, -0.15) is 11.8 Å². The maximum atomic E-state index is 7.41. The highest BCUT2D eigenvalue weighted by atomic mass is 32.2. The van der Waals surface area contributed by atoms with Crippen LogP contribution in [0.4, 0.5) is 0 Å². The number of hydrogen-bond donors (Lipinski definition) is 2. The SMILES string of the molecule is Cc1cc(C)cc(CSCC2(CC(=N)N)CC2)c1. The van der Waals surface area contributed by atoms with Gasteiger partial charge in [-0.15, -0.1) is 0 Å². The van der Waals surface area contributed by atoms with Crippen molar-refractivity contribution in [3.05, 3.63) is 34.9 Å². The van der Waals surface area contributed by atoms with Gasteiger partial charge in [0.2, 0.25) is 0 Å². The lowest BCUT2D eigenvalue weighted by molar-refractivity contribution is 0.612. The van der Waals surface area contributed by atoms with E-state index in [1.807, 2.05) is 11.8 Å². The fourth-order valence-corrected chi connectivity index (χ4v) is 3.82. The summed E-state index contributed by atoms with van der Waals surface area (Å²) in [6.45, 7) is 4.30. The Hall–Kier alpha value is -0.960. The number of rotatable bonds is 6. The molecule has 3 heteroatoms. The van der Waals surface area contributed by atoms with Crippen LogP contribution in [0, 0.1) is 24.7 Å². The van der Waals surface area contributed by atoms with Crippen molar-refractivity contribution >= 4 is 17.6 Å². The van der Waals surface area contributed by atoms with Crippen LogP contribution in [0.3, 0.4) is 0 Å². The van der Waals surface area contributed by atoms with Gasteiger partial charge in [0.1, 0.15) is 0 Å². The van der Waals surface area contributed by atoms with Gasteiger partial charge in [-0.1, -0.05) is 29.3 Å². The van der Waals surface area contributed by atoms with Crippen molar-refractivity contribution in [2.24, 2.45) is 11.1 Å². The predicted molar refractivity (Wildman–Crippen MR) is 80.3 cm³/mol. The average Bonchev–Trinajstić information content (AvgIpc) is 2.95. The monoisotopic (exact) mass is 262 g/mol. The van der Waals surface area contributed by atoms with Crippen LogP contribution in [0.15, 0.2) is 18.2 Å². The van der Waals surface area contributed by atoms with Crippen molar-refractivity contribution in [3.63, 3.8) is 0 Å². The summed E-state index contributed by atoms with van der Waals surface area (Å²) in [5.41, 5.74) is 9.97. The summed E-state index contributed by atoms with van der Waals surface area (Å²) in [6, 6.07) is 6.75. The fourth-order valence-electron chi connectivity index (χ4n) is 2.49. The maximum absolute atomic E-state index is 7.41. The normalized spacial score (nSPS) is 16.6. The van der Waals surface area contributed by atoms with E-state index < -0.39 is 0 Å². The molecular formula is C15H22N2S. The van der Waals surface area contributed by atoms with Crippen molar-refractivity contribution < 1.29 is 0 Å². The van der Waals surface area contributed by atoms with Crippen molar-refractivity contribution in [3.8, 4) is 0 Å². The van der Waals surface area contributed by atoms with E-state index in [9.17, 15) is 0 Å². The van der Waals surface area contributed by atoms with Crippen molar-refractivity contribution in [1.82, 2.24) is 0 Å². The van der Waals surface area contributed by atoms with Gasteiger partial charge < -0.3 is 5.73 Å². The van der Waals surface area contributed by atoms with Gasteiger partial charge >= 0.3 is 0 Å². The molecule has 0 aromatic heterocycles. The Labute approximate surface area is 114 Å². The van der Waals surface area contributed by atoms with E-state index in [1.54, 1.807) is 0 Å². The van der Waals surface area contributed by atoms with Gasteiger partial charge in [-0.3, -0.25) is 5.41 Å². The van der Waals surface area contributed by atoms with Crippen LogP contribution in [0.2, 0.25) is 0 Å². The molecule has 0 radical (unpaired) electrons. The summed E-state index contributed by atoms with van der Waals surface area (Å²) in [6.07, 6.45) is 3.27. The Balaban J connectivity index is 1.83. The zero-order valence-corrected chi connectivity index (χ0v) is 12.1. The maximum Gasteiger partial charge on any atom is 0.0911 e. The van der Waals surface area contributed by atoms with Crippen LogP contribution in [0.1, 0.15) is 36.0 Å². The van der Waals surface area contributed by atoms with Crippen molar-refractivity contribution in [2.45, 2.75) is 38.9 Å². The number of amidine groups is 1. The summed E-state index contributed by atoms with van der Waals surface area (Å²) >= 11 is 1.98. The summed E-state index contributed by atoms with van der Waals surface area (Å²) in [5, 5.41) is 7.41. The van der Waals surface area contributed by atoms with E-state index >= 15 is 0 Å². The highest BCUT2D eigenvalue weighted by molar-refractivity contribution is 7.98. The Kier molecular flexibility index (Phi) is 4.00. The average molecular weight is 262 g/mol. The number of aryl methyl sites for hydroxylation is 2.